The summed E-state index contributed by atoms with van der Waals surface area (Å²) >= 11 is 0. The Morgan fingerprint density at radius 2 is 1.92 bits per heavy atom. The Bertz CT molecular complexity index is 1030. The number of amides is 2. The number of anilines is 1. The second-order valence-electron chi connectivity index (χ2n) is 9.55. The smallest absolute Gasteiger partial charge is 0.341 e. The zero-order valence-electron chi connectivity index (χ0n) is 22.6. The molecule has 2 aliphatic rings. The predicted molar refractivity (Wildman–Crippen MR) is 139 cm³/mol. The van der Waals surface area contributed by atoms with Gasteiger partial charge in [-0.1, -0.05) is 11.6 Å². The number of carbonyl (C=O) groups is 3. The molecular formula is C27H39N3O7. The molecule has 2 heterocycles. The molecule has 0 bridgehead atoms. The van der Waals surface area contributed by atoms with E-state index in [1.54, 1.807) is 21.2 Å². The van der Waals surface area contributed by atoms with Crippen LogP contribution in [0.25, 0.3) is 0 Å². The maximum atomic E-state index is 12.6. The van der Waals surface area contributed by atoms with Gasteiger partial charge in [0, 0.05) is 51.3 Å². The van der Waals surface area contributed by atoms with Gasteiger partial charge in [-0.2, -0.15) is 0 Å². The van der Waals surface area contributed by atoms with Crippen LogP contribution in [0.5, 0.6) is 5.75 Å². The lowest BCUT2D eigenvalue weighted by Crippen LogP contribution is -2.37. The number of ether oxygens (including phenoxy) is 4. The molecule has 1 fully saturated rings. The number of rotatable bonds is 11. The summed E-state index contributed by atoms with van der Waals surface area (Å²) in [5.74, 6) is -0.0784. The van der Waals surface area contributed by atoms with Crippen LogP contribution < -0.4 is 10.1 Å². The number of nitrogens with zero attached hydrogens (tertiary/aromatic N) is 2. The van der Waals surface area contributed by atoms with Gasteiger partial charge in [0.2, 0.25) is 0 Å². The number of benzene rings is 1. The van der Waals surface area contributed by atoms with Crippen molar-refractivity contribution in [2.45, 2.75) is 46.1 Å². The lowest BCUT2D eigenvalue weighted by atomic mass is 9.93. The Morgan fingerprint density at radius 1 is 1.19 bits per heavy atom. The van der Waals surface area contributed by atoms with Crippen molar-refractivity contribution in [2.75, 3.05) is 66.0 Å². The molecule has 2 amide bonds. The van der Waals surface area contributed by atoms with E-state index in [1.165, 1.54) is 4.90 Å². The molecule has 10 heteroatoms. The molecule has 0 aliphatic carbocycles. The van der Waals surface area contributed by atoms with Gasteiger partial charge >= 0.3 is 18.0 Å². The number of urea groups is 1. The molecule has 1 N–H and O–H groups in total. The quantitative estimate of drug-likeness (QED) is 0.271. The standard InChI is InChI=1S/C27H39N3O7/c1-18(8-10-22(31)36-14-6-11-30-12-15-35-16-13-30)7-9-20-24(28-27(33)29(3)4)23-21(17-37-26(23)32)19(2)25(20)34-5/h7H,6,8-17H2,1-5H3,(H,28,33). The first kappa shape index (κ1) is 28.5. The molecule has 0 unspecified atom stereocenters. The first-order valence-electron chi connectivity index (χ1n) is 12.7. The molecule has 0 atom stereocenters. The van der Waals surface area contributed by atoms with Crippen LogP contribution in [0, 0.1) is 6.92 Å². The van der Waals surface area contributed by atoms with Crippen LogP contribution in [0.2, 0.25) is 0 Å². The van der Waals surface area contributed by atoms with Gasteiger partial charge in [0.25, 0.3) is 0 Å². The molecule has 37 heavy (non-hydrogen) atoms. The highest BCUT2D eigenvalue weighted by Gasteiger charge is 2.32. The number of allylic oxidation sites excluding steroid dienone is 2. The molecule has 0 radical (unpaired) electrons. The van der Waals surface area contributed by atoms with Crippen molar-refractivity contribution in [3.8, 4) is 5.75 Å². The van der Waals surface area contributed by atoms with Crippen molar-refractivity contribution in [1.29, 1.82) is 0 Å². The fourth-order valence-electron chi connectivity index (χ4n) is 4.46. The zero-order chi connectivity index (χ0) is 26.9. The van der Waals surface area contributed by atoms with Crippen LogP contribution in [0.3, 0.4) is 0 Å². The lowest BCUT2D eigenvalue weighted by Gasteiger charge is -2.26. The Kier molecular flexibility index (Phi) is 10.3. The maximum absolute atomic E-state index is 12.6. The van der Waals surface area contributed by atoms with Crippen molar-refractivity contribution in [3.05, 3.63) is 33.9 Å². The number of morpholine rings is 1. The highest BCUT2D eigenvalue weighted by molar-refractivity contribution is 6.05. The molecule has 10 nitrogen and oxygen atoms in total. The van der Waals surface area contributed by atoms with Gasteiger partial charge in [-0.15, -0.1) is 0 Å². The van der Waals surface area contributed by atoms with E-state index >= 15 is 0 Å². The third-order valence-electron chi connectivity index (χ3n) is 6.68. The third-order valence-corrected chi connectivity index (χ3v) is 6.68. The number of cyclic esters (lactones) is 1. The van der Waals surface area contributed by atoms with E-state index in [9.17, 15) is 14.4 Å². The summed E-state index contributed by atoms with van der Waals surface area (Å²) in [5.41, 5.74) is 4.00. The third kappa shape index (κ3) is 7.45. The summed E-state index contributed by atoms with van der Waals surface area (Å²) in [6.07, 6.45) is 4.05. The van der Waals surface area contributed by atoms with E-state index < -0.39 is 5.97 Å². The Morgan fingerprint density at radius 3 is 2.59 bits per heavy atom. The van der Waals surface area contributed by atoms with Gasteiger partial charge in [-0.25, -0.2) is 9.59 Å². The SMILES string of the molecule is COc1c(C)c2c(c(NC(=O)N(C)C)c1CC=C(C)CCC(=O)OCCCN1CCOCC1)C(=O)OC2. The number of nitrogens with one attached hydrogen (secondary N) is 1. The summed E-state index contributed by atoms with van der Waals surface area (Å²) in [6, 6.07) is -0.355. The summed E-state index contributed by atoms with van der Waals surface area (Å²) in [4.78, 5) is 41.0. The summed E-state index contributed by atoms with van der Waals surface area (Å²) < 4.78 is 21.7. The molecule has 1 saturated heterocycles. The van der Waals surface area contributed by atoms with E-state index in [1.807, 2.05) is 19.9 Å². The molecule has 3 rings (SSSR count). The van der Waals surface area contributed by atoms with Crippen LogP contribution in [0.4, 0.5) is 10.5 Å². The molecule has 1 aromatic carbocycles. The van der Waals surface area contributed by atoms with E-state index in [4.69, 9.17) is 18.9 Å². The van der Waals surface area contributed by atoms with E-state index in [0.29, 0.717) is 42.0 Å². The lowest BCUT2D eigenvalue weighted by molar-refractivity contribution is -0.143. The molecule has 204 valence electrons. The molecule has 2 aliphatic heterocycles. The van der Waals surface area contributed by atoms with Crippen molar-refractivity contribution in [3.63, 3.8) is 0 Å². The normalized spacial score (nSPS) is 15.7. The van der Waals surface area contributed by atoms with Gasteiger partial charge in [-0.3, -0.25) is 9.69 Å². The number of carbonyl (C=O) groups excluding carboxylic acids is 3. The second kappa shape index (κ2) is 13.4. The van der Waals surface area contributed by atoms with Crippen molar-refractivity contribution in [1.82, 2.24) is 9.80 Å². The fourth-order valence-corrected chi connectivity index (χ4v) is 4.46. The minimum atomic E-state index is -0.465. The monoisotopic (exact) mass is 517 g/mol. The average molecular weight is 518 g/mol. The second-order valence-corrected chi connectivity index (χ2v) is 9.55. The van der Waals surface area contributed by atoms with Crippen LogP contribution in [-0.2, 0) is 32.0 Å². The van der Waals surface area contributed by atoms with E-state index in [0.717, 1.165) is 56.0 Å². The van der Waals surface area contributed by atoms with Gasteiger partial charge < -0.3 is 29.2 Å². The number of hydrogen-bond donors (Lipinski definition) is 1. The maximum Gasteiger partial charge on any atom is 0.341 e. The van der Waals surface area contributed by atoms with E-state index in [-0.39, 0.29) is 25.0 Å². The predicted octanol–water partition coefficient (Wildman–Crippen LogP) is 3.30. The number of esters is 2. The van der Waals surface area contributed by atoms with Gasteiger partial charge in [0.15, 0.2) is 0 Å². The Balaban J connectivity index is 1.63. The number of hydrogen-bond acceptors (Lipinski definition) is 8. The minimum absolute atomic E-state index is 0.144. The van der Waals surface area contributed by atoms with Crippen LogP contribution in [0.15, 0.2) is 11.6 Å². The zero-order valence-corrected chi connectivity index (χ0v) is 22.6. The highest BCUT2D eigenvalue weighted by Crippen LogP contribution is 2.41. The summed E-state index contributed by atoms with van der Waals surface area (Å²) in [5, 5.41) is 2.86. The average Bonchev–Trinajstić information content (AvgIpc) is 3.28. The minimum Gasteiger partial charge on any atom is -0.496 e. The van der Waals surface area contributed by atoms with Gasteiger partial charge in [-0.05, 0) is 38.7 Å². The van der Waals surface area contributed by atoms with Crippen molar-refractivity contribution in [2.24, 2.45) is 0 Å². The van der Waals surface area contributed by atoms with Crippen LogP contribution in [0.1, 0.15) is 53.2 Å². The number of methoxy groups -OCH3 is 1. The summed E-state index contributed by atoms with van der Waals surface area (Å²) in [6.45, 7) is 8.66. The Labute approximate surface area is 218 Å². The van der Waals surface area contributed by atoms with Crippen LogP contribution >= 0.6 is 0 Å². The highest BCUT2D eigenvalue weighted by atomic mass is 16.5. The molecule has 0 aromatic heterocycles. The largest absolute Gasteiger partial charge is 0.496 e. The topological polar surface area (TPSA) is 107 Å². The summed E-state index contributed by atoms with van der Waals surface area (Å²) in [7, 11) is 4.83. The van der Waals surface area contributed by atoms with Crippen molar-refractivity contribution >= 4 is 23.7 Å². The van der Waals surface area contributed by atoms with Crippen molar-refractivity contribution < 1.29 is 33.3 Å². The van der Waals surface area contributed by atoms with Gasteiger partial charge in [0.1, 0.15) is 12.4 Å². The van der Waals surface area contributed by atoms with Crippen LogP contribution in [-0.4, -0.2) is 88.4 Å². The molecule has 1 aromatic rings. The Hall–Kier alpha value is -3.11. The molecular weight excluding hydrogens is 478 g/mol. The fraction of sp³-hybridized carbons (Fsp3) is 0.593. The first-order valence-corrected chi connectivity index (χ1v) is 12.7. The first-order chi connectivity index (χ1) is 17.7. The molecule has 0 spiro atoms. The number of fused-ring (bicyclic) bond motifs is 1. The molecule has 0 saturated carbocycles. The van der Waals surface area contributed by atoms with Gasteiger partial charge in [0.05, 0.1) is 38.2 Å². The van der Waals surface area contributed by atoms with E-state index in [2.05, 4.69) is 10.2 Å².